The molecule has 1 aromatic heterocycles. The second-order valence-corrected chi connectivity index (χ2v) is 10.7. The molecule has 0 saturated carbocycles. The number of aromatic nitrogens is 2. The van der Waals surface area contributed by atoms with Gasteiger partial charge in [0.2, 0.25) is 5.91 Å². The summed E-state index contributed by atoms with van der Waals surface area (Å²) in [5.74, 6) is 0.0491. The fraction of sp³-hybridized carbons (Fsp3) is 0.353. The number of hydrogen-bond acceptors (Lipinski definition) is 4. The Labute approximate surface area is 250 Å². The maximum absolute atomic E-state index is 12.9. The number of rotatable bonds is 10. The predicted molar refractivity (Wildman–Crippen MR) is 166 cm³/mol. The van der Waals surface area contributed by atoms with Crippen molar-refractivity contribution in [3.63, 3.8) is 0 Å². The number of piperidine rings is 1. The molecule has 41 heavy (non-hydrogen) atoms. The SMILES string of the molecule is COC1CCN(C(=O)[C@@H](N)CCCc2ncn(C(c3ccccc3)(c3ccccc3)c3ccccc3)c2C)CC1.Cl. The van der Waals surface area contributed by atoms with E-state index < -0.39 is 11.6 Å². The number of hydrogen-bond donors (Lipinski definition) is 1. The van der Waals surface area contributed by atoms with Crippen molar-refractivity contribution in [1.29, 1.82) is 0 Å². The number of benzene rings is 3. The summed E-state index contributed by atoms with van der Waals surface area (Å²) < 4.78 is 7.75. The van der Waals surface area contributed by atoms with Gasteiger partial charge in [-0.3, -0.25) is 4.79 Å². The van der Waals surface area contributed by atoms with Gasteiger partial charge in [-0.15, -0.1) is 12.4 Å². The molecule has 216 valence electrons. The molecule has 0 aliphatic carbocycles. The molecule has 0 unspecified atom stereocenters. The molecule has 0 bridgehead atoms. The molecular formula is C34H41ClN4O2. The van der Waals surface area contributed by atoms with Crippen LogP contribution in [-0.2, 0) is 21.5 Å². The number of ether oxygens (including phenoxy) is 1. The highest BCUT2D eigenvalue weighted by molar-refractivity contribution is 5.85. The van der Waals surface area contributed by atoms with Gasteiger partial charge in [-0.05, 0) is 55.7 Å². The third-order valence-electron chi connectivity index (χ3n) is 8.38. The van der Waals surface area contributed by atoms with E-state index in [4.69, 9.17) is 15.5 Å². The summed E-state index contributed by atoms with van der Waals surface area (Å²) in [6.45, 7) is 3.58. The number of halogens is 1. The highest BCUT2D eigenvalue weighted by Gasteiger charge is 2.39. The average molecular weight is 573 g/mol. The fourth-order valence-corrected chi connectivity index (χ4v) is 6.14. The number of carbonyl (C=O) groups excluding carboxylic acids is 1. The lowest BCUT2D eigenvalue weighted by molar-refractivity contribution is -0.135. The standard InChI is InChI=1S/C34H40N4O2.ClH/c1-26-32(20-12-19-31(35)33(39)37-23-21-30(40-2)22-24-37)36-25-38(26)34(27-13-6-3-7-14-27,28-15-8-4-9-16-28)29-17-10-5-11-18-29;/h3-11,13-18,25,30-31H,12,19-24,35H2,1-2H3;1H/t31-;/m0./s1. The van der Waals surface area contributed by atoms with Crippen molar-refractivity contribution in [2.75, 3.05) is 20.2 Å². The molecule has 2 N–H and O–H groups in total. The summed E-state index contributed by atoms with van der Waals surface area (Å²) >= 11 is 0. The minimum atomic E-state index is -0.584. The zero-order valence-corrected chi connectivity index (χ0v) is 24.8. The van der Waals surface area contributed by atoms with Crippen LogP contribution in [0.1, 0.15) is 53.8 Å². The summed E-state index contributed by atoms with van der Waals surface area (Å²) in [4.78, 5) is 19.8. The van der Waals surface area contributed by atoms with Crippen molar-refractivity contribution < 1.29 is 9.53 Å². The highest BCUT2D eigenvalue weighted by atomic mass is 35.5. The van der Waals surface area contributed by atoms with Crippen LogP contribution in [0.5, 0.6) is 0 Å². The second-order valence-electron chi connectivity index (χ2n) is 10.7. The Morgan fingerprint density at radius 1 is 0.927 bits per heavy atom. The van der Waals surface area contributed by atoms with Gasteiger partial charge in [0.05, 0.1) is 24.2 Å². The largest absolute Gasteiger partial charge is 0.381 e. The zero-order valence-electron chi connectivity index (χ0n) is 24.0. The van der Waals surface area contributed by atoms with Crippen LogP contribution in [-0.4, -0.2) is 52.7 Å². The molecule has 2 heterocycles. The Morgan fingerprint density at radius 2 is 1.41 bits per heavy atom. The smallest absolute Gasteiger partial charge is 0.239 e. The van der Waals surface area contributed by atoms with Gasteiger partial charge in [0, 0.05) is 25.9 Å². The van der Waals surface area contributed by atoms with Crippen molar-refractivity contribution in [2.45, 2.75) is 56.7 Å². The number of likely N-dealkylation sites (tertiary alicyclic amines) is 1. The van der Waals surface area contributed by atoms with Crippen LogP contribution in [0.3, 0.4) is 0 Å². The molecule has 1 saturated heterocycles. The van der Waals surface area contributed by atoms with E-state index in [9.17, 15) is 4.79 Å². The molecule has 0 radical (unpaired) electrons. The molecule has 0 spiro atoms. The van der Waals surface area contributed by atoms with Gasteiger partial charge in [-0.1, -0.05) is 91.0 Å². The predicted octanol–water partition coefficient (Wildman–Crippen LogP) is 5.74. The normalized spacial score (nSPS) is 14.9. The molecule has 5 rings (SSSR count). The van der Waals surface area contributed by atoms with Gasteiger partial charge in [-0.2, -0.15) is 0 Å². The zero-order chi connectivity index (χ0) is 28.0. The summed E-state index contributed by atoms with van der Waals surface area (Å²) in [6, 6.07) is 31.4. The Kier molecular flexibility index (Phi) is 10.4. The lowest BCUT2D eigenvalue weighted by atomic mass is 9.76. The van der Waals surface area contributed by atoms with E-state index in [-0.39, 0.29) is 24.4 Å². The van der Waals surface area contributed by atoms with Crippen molar-refractivity contribution in [1.82, 2.24) is 14.5 Å². The van der Waals surface area contributed by atoms with E-state index in [0.717, 1.165) is 50.2 Å². The molecule has 1 amide bonds. The number of amides is 1. The van der Waals surface area contributed by atoms with Gasteiger partial charge in [-0.25, -0.2) is 4.98 Å². The van der Waals surface area contributed by atoms with Gasteiger partial charge in [0.15, 0.2) is 0 Å². The first-order valence-electron chi connectivity index (χ1n) is 14.3. The van der Waals surface area contributed by atoms with Crippen LogP contribution in [0.25, 0.3) is 0 Å². The summed E-state index contributed by atoms with van der Waals surface area (Å²) in [7, 11) is 1.74. The molecule has 1 aliphatic heterocycles. The van der Waals surface area contributed by atoms with E-state index in [1.807, 2.05) is 11.2 Å². The van der Waals surface area contributed by atoms with E-state index in [1.54, 1.807) is 7.11 Å². The Balaban J connectivity index is 0.00000387. The van der Waals surface area contributed by atoms with Gasteiger partial charge in [0.25, 0.3) is 0 Å². The average Bonchev–Trinajstić information content (AvgIpc) is 3.38. The molecule has 7 heteroatoms. The fourth-order valence-electron chi connectivity index (χ4n) is 6.14. The van der Waals surface area contributed by atoms with Crippen LogP contribution in [0, 0.1) is 6.92 Å². The number of imidazole rings is 1. The molecule has 4 aromatic rings. The van der Waals surface area contributed by atoms with Crippen LogP contribution in [0.4, 0.5) is 0 Å². The first-order chi connectivity index (χ1) is 19.6. The van der Waals surface area contributed by atoms with Crippen molar-refractivity contribution in [3.05, 3.63) is 125 Å². The third kappa shape index (κ3) is 6.25. The maximum Gasteiger partial charge on any atom is 0.239 e. The lowest BCUT2D eigenvalue weighted by Gasteiger charge is -2.38. The third-order valence-corrected chi connectivity index (χ3v) is 8.38. The number of carbonyl (C=O) groups is 1. The minimum Gasteiger partial charge on any atom is -0.381 e. The molecule has 1 aliphatic rings. The number of methoxy groups -OCH3 is 1. The quantitative estimate of drug-likeness (QED) is 0.246. The number of aryl methyl sites for hydroxylation is 1. The van der Waals surface area contributed by atoms with E-state index in [0.29, 0.717) is 6.42 Å². The molecule has 6 nitrogen and oxygen atoms in total. The van der Waals surface area contributed by atoms with E-state index in [1.165, 1.54) is 16.7 Å². The highest BCUT2D eigenvalue weighted by Crippen LogP contribution is 2.42. The Hall–Kier alpha value is -3.45. The number of nitrogens with zero attached hydrogens (tertiary/aromatic N) is 3. The molecule has 3 aromatic carbocycles. The summed E-state index contributed by atoms with van der Waals surface area (Å²) in [5, 5.41) is 0. The van der Waals surface area contributed by atoms with E-state index >= 15 is 0 Å². The molecular weight excluding hydrogens is 532 g/mol. The van der Waals surface area contributed by atoms with Crippen molar-refractivity contribution >= 4 is 18.3 Å². The Bertz CT molecular complexity index is 1270. The molecule has 1 fully saturated rings. The first-order valence-corrected chi connectivity index (χ1v) is 14.3. The van der Waals surface area contributed by atoms with Crippen LogP contribution < -0.4 is 5.73 Å². The van der Waals surface area contributed by atoms with Gasteiger partial charge in [0.1, 0.15) is 5.54 Å². The number of nitrogens with two attached hydrogens (primary N) is 1. The topological polar surface area (TPSA) is 73.4 Å². The maximum atomic E-state index is 12.9. The van der Waals surface area contributed by atoms with Crippen LogP contribution >= 0.6 is 12.4 Å². The monoisotopic (exact) mass is 572 g/mol. The van der Waals surface area contributed by atoms with Crippen LogP contribution in [0.2, 0.25) is 0 Å². The van der Waals surface area contributed by atoms with Gasteiger partial charge >= 0.3 is 0 Å². The van der Waals surface area contributed by atoms with E-state index in [2.05, 4.69) is 102 Å². The summed E-state index contributed by atoms with van der Waals surface area (Å²) in [5.41, 5.74) is 11.4. The lowest BCUT2D eigenvalue weighted by Crippen LogP contribution is -2.48. The van der Waals surface area contributed by atoms with Gasteiger partial charge < -0.3 is 19.9 Å². The second kappa shape index (κ2) is 13.9. The molecule has 1 atom stereocenters. The Morgan fingerprint density at radius 3 is 1.88 bits per heavy atom. The van der Waals surface area contributed by atoms with Crippen molar-refractivity contribution in [3.8, 4) is 0 Å². The summed E-state index contributed by atoms with van der Waals surface area (Å²) in [6.07, 6.45) is 6.16. The van der Waals surface area contributed by atoms with Crippen molar-refractivity contribution in [2.24, 2.45) is 5.73 Å². The first kappa shape index (κ1) is 30.5. The minimum absolute atomic E-state index is 0. The van der Waals surface area contributed by atoms with Crippen LogP contribution in [0.15, 0.2) is 97.3 Å².